The van der Waals surface area contributed by atoms with E-state index in [1.807, 2.05) is 0 Å². The third-order valence-electron chi connectivity index (χ3n) is 9.92. The third-order valence-corrected chi connectivity index (χ3v) is 9.92. The maximum atomic E-state index is 12.7. The summed E-state index contributed by atoms with van der Waals surface area (Å²) >= 11 is 0. The molecular weight excluding hydrogens is 612 g/mol. The van der Waals surface area contributed by atoms with Crippen LogP contribution in [0.25, 0.3) is 0 Å². The quantitative estimate of drug-likeness (QED) is 0.0435. The summed E-state index contributed by atoms with van der Waals surface area (Å²) in [5.74, 6) is -1.22. The lowest BCUT2D eigenvalue weighted by molar-refractivity contribution is -0.150. The lowest BCUT2D eigenvalue weighted by Gasteiger charge is -2.18. The van der Waals surface area contributed by atoms with E-state index in [1.54, 1.807) is 0 Å². The normalized spacial score (nSPS) is 12.6. The van der Waals surface area contributed by atoms with E-state index in [-0.39, 0.29) is 18.0 Å². The fraction of sp³-hybridized carbons (Fsp3) is 0.929. The summed E-state index contributed by atoms with van der Waals surface area (Å²) in [6, 6.07) is -0.851. The first-order valence-electron chi connectivity index (χ1n) is 21.4. The van der Waals surface area contributed by atoms with Gasteiger partial charge in [0.1, 0.15) is 12.1 Å². The molecule has 0 aliphatic heterocycles. The van der Waals surface area contributed by atoms with E-state index in [4.69, 9.17) is 10.5 Å². The molecule has 7 nitrogen and oxygen atoms in total. The van der Waals surface area contributed by atoms with E-state index in [9.17, 15) is 19.5 Å². The average molecular weight is 695 g/mol. The zero-order chi connectivity index (χ0) is 36.0. The van der Waals surface area contributed by atoms with Gasteiger partial charge in [0.2, 0.25) is 5.91 Å². The lowest BCUT2D eigenvalue weighted by Crippen LogP contribution is -2.40. The average Bonchev–Trinajstić information content (AvgIpc) is 3.08. The van der Waals surface area contributed by atoms with E-state index in [1.165, 1.54) is 128 Å². The molecule has 0 saturated heterocycles. The van der Waals surface area contributed by atoms with Crippen molar-refractivity contribution in [2.24, 2.45) is 5.73 Å². The Morgan fingerprint density at radius 1 is 0.510 bits per heavy atom. The zero-order valence-corrected chi connectivity index (χ0v) is 32.6. The van der Waals surface area contributed by atoms with Crippen molar-refractivity contribution in [3.8, 4) is 0 Å². The summed E-state index contributed by atoms with van der Waals surface area (Å²) in [5.41, 5.74) is 5.48. The van der Waals surface area contributed by atoms with Crippen LogP contribution in [0.15, 0.2) is 0 Å². The topological polar surface area (TPSA) is 119 Å². The molecule has 0 heterocycles. The van der Waals surface area contributed by atoms with E-state index in [0.29, 0.717) is 32.2 Å². The Morgan fingerprint density at radius 2 is 0.878 bits per heavy atom. The van der Waals surface area contributed by atoms with Crippen molar-refractivity contribution in [2.75, 3.05) is 6.54 Å². The van der Waals surface area contributed by atoms with Gasteiger partial charge in [0.25, 0.3) is 0 Å². The highest BCUT2D eigenvalue weighted by Crippen LogP contribution is 2.19. The number of amides is 1. The molecule has 0 aliphatic carbocycles. The number of nitrogens with two attached hydrogens (primary N) is 1. The van der Waals surface area contributed by atoms with Crippen molar-refractivity contribution in [2.45, 2.75) is 244 Å². The van der Waals surface area contributed by atoms with Crippen LogP contribution in [0.5, 0.6) is 0 Å². The molecule has 290 valence electrons. The van der Waals surface area contributed by atoms with E-state index in [0.717, 1.165) is 64.2 Å². The number of esters is 1. The minimum atomic E-state index is -1.00. The van der Waals surface area contributed by atoms with Crippen molar-refractivity contribution < 1.29 is 24.2 Å². The Hall–Kier alpha value is -1.63. The van der Waals surface area contributed by atoms with E-state index < -0.39 is 12.0 Å². The highest BCUT2D eigenvalue weighted by Gasteiger charge is 2.19. The van der Waals surface area contributed by atoms with Crippen LogP contribution < -0.4 is 11.1 Å². The molecule has 1 amide bonds. The summed E-state index contributed by atoms with van der Waals surface area (Å²) in [4.78, 5) is 36.3. The minimum absolute atomic E-state index is 0.0172. The number of ether oxygens (including phenoxy) is 1. The summed E-state index contributed by atoms with van der Waals surface area (Å²) < 4.78 is 6.04. The third kappa shape index (κ3) is 34.6. The molecule has 2 unspecified atom stereocenters. The fourth-order valence-corrected chi connectivity index (χ4v) is 6.69. The van der Waals surface area contributed by atoms with Gasteiger partial charge in [-0.25, -0.2) is 4.79 Å². The standard InChI is InChI=1S/C42H82N2O5/c1-3-5-7-9-11-13-15-16-17-18-20-23-27-32-38(49-41(46)36-30-26-21-19-14-12-10-8-6-4-2)33-28-24-22-25-29-35-40(45)44-39(42(47)48)34-31-37-43/h38-39H,3-37,43H2,1-2H3,(H,44,45)(H,47,48). The predicted octanol–water partition coefficient (Wildman–Crippen LogP) is 11.7. The molecule has 0 saturated carbocycles. The Morgan fingerprint density at radius 3 is 1.27 bits per heavy atom. The second-order valence-corrected chi connectivity index (χ2v) is 14.8. The summed E-state index contributed by atoms with van der Waals surface area (Å²) in [6.45, 7) is 4.95. The number of unbranched alkanes of at least 4 members (excludes halogenated alkanes) is 25. The highest BCUT2D eigenvalue weighted by molar-refractivity contribution is 5.83. The van der Waals surface area contributed by atoms with Gasteiger partial charge in [-0.1, -0.05) is 168 Å². The molecule has 4 N–H and O–H groups in total. The Kier molecular flexibility index (Phi) is 36.4. The van der Waals surface area contributed by atoms with Crippen molar-refractivity contribution in [3.63, 3.8) is 0 Å². The summed E-state index contributed by atoms with van der Waals surface area (Å²) in [7, 11) is 0. The van der Waals surface area contributed by atoms with Crippen molar-refractivity contribution in [3.05, 3.63) is 0 Å². The second-order valence-electron chi connectivity index (χ2n) is 14.8. The summed E-state index contributed by atoms with van der Waals surface area (Å²) in [6.07, 6.45) is 38.6. The van der Waals surface area contributed by atoms with Crippen molar-refractivity contribution in [1.29, 1.82) is 0 Å². The Balaban J connectivity index is 4.29. The number of aliphatic carboxylic acids is 1. The van der Waals surface area contributed by atoms with Crippen molar-refractivity contribution >= 4 is 17.8 Å². The maximum absolute atomic E-state index is 12.7. The van der Waals surface area contributed by atoms with Gasteiger partial charge >= 0.3 is 11.9 Å². The lowest BCUT2D eigenvalue weighted by atomic mass is 10.0. The molecule has 0 spiro atoms. The number of carboxylic acid groups (broad SMARTS) is 1. The van der Waals surface area contributed by atoms with Gasteiger partial charge < -0.3 is 20.9 Å². The number of hydrogen-bond acceptors (Lipinski definition) is 5. The van der Waals surface area contributed by atoms with Crippen molar-refractivity contribution in [1.82, 2.24) is 5.32 Å². The minimum Gasteiger partial charge on any atom is -0.480 e. The molecule has 49 heavy (non-hydrogen) atoms. The van der Waals surface area contributed by atoms with Gasteiger partial charge in [0.05, 0.1) is 0 Å². The molecule has 0 aromatic rings. The smallest absolute Gasteiger partial charge is 0.326 e. The largest absolute Gasteiger partial charge is 0.480 e. The molecule has 0 fully saturated rings. The molecule has 0 aliphatic rings. The Labute approximate surface area is 303 Å². The van der Waals surface area contributed by atoms with Crippen LogP contribution in [-0.2, 0) is 19.1 Å². The molecule has 0 aromatic carbocycles. The first-order chi connectivity index (χ1) is 23.9. The van der Waals surface area contributed by atoms with Crippen LogP contribution in [0.2, 0.25) is 0 Å². The SMILES string of the molecule is CCCCCCCCCCCCCCCC(CCCCCCCC(=O)NC(CCCN)C(=O)O)OC(=O)CCCCCCCCCCCC. The van der Waals surface area contributed by atoms with Crippen LogP contribution in [-0.4, -0.2) is 41.6 Å². The molecule has 0 bridgehead atoms. The number of carbonyl (C=O) groups is 3. The van der Waals surface area contributed by atoms with Gasteiger partial charge in [0, 0.05) is 12.8 Å². The summed E-state index contributed by atoms with van der Waals surface area (Å²) in [5, 5.41) is 11.9. The van der Waals surface area contributed by atoms with Gasteiger partial charge in [-0.15, -0.1) is 0 Å². The van der Waals surface area contributed by atoms with Crippen LogP contribution in [0, 0.1) is 0 Å². The first kappa shape index (κ1) is 47.4. The van der Waals surface area contributed by atoms with Crippen LogP contribution in [0.1, 0.15) is 232 Å². The highest BCUT2D eigenvalue weighted by atomic mass is 16.5. The number of hydrogen-bond donors (Lipinski definition) is 3. The van der Waals surface area contributed by atoms with Crippen LogP contribution in [0.4, 0.5) is 0 Å². The number of carbonyl (C=O) groups excluding carboxylic acids is 2. The molecule has 0 aromatic heterocycles. The van der Waals surface area contributed by atoms with Crippen LogP contribution >= 0.6 is 0 Å². The van der Waals surface area contributed by atoms with E-state index in [2.05, 4.69) is 19.2 Å². The number of nitrogens with one attached hydrogen (secondary N) is 1. The number of rotatable bonds is 39. The predicted molar refractivity (Wildman–Crippen MR) is 207 cm³/mol. The second kappa shape index (κ2) is 37.6. The molecular formula is C42H82N2O5. The van der Waals surface area contributed by atoms with Gasteiger partial charge in [0.15, 0.2) is 0 Å². The zero-order valence-electron chi connectivity index (χ0n) is 32.6. The maximum Gasteiger partial charge on any atom is 0.326 e. The molecule has 0 rings (SSSR count). The molecule has 0 radical (unpaired) electrons. The molecule has 2 atom stereocenters. The number of carboxylic acids is 1. The first-order valence-corrected chi connectivity index (χ1v) is 21.4. The Bertz CT molecular complexity index is 747. The molecule has 7 heteroatoms. The fourth-order valence-electron chi connectivity index (χ4n) is 6.69. The van der Waals surface area contributed by atoms with Gasteiger partial charge in [-0.3, -0.25) is 9.59 Å². The van der Waals surface area contributed by atoms with Gasteiger partial charge in [-0.05, 0) is 57.9 Å². The van der Waals surface area contributed by atoms with Crippen LogP contribution in [0.3, 0.4) is 0 Å². The monoisotopic (exact) mass is 695 g/mol. The van der Waals surface area contributed by atoms with E-state index >= 15 is 0 Å². The van der Waals surface area contributed by atoms with Gasteiger partial charge in [-0.2, -0.15) is 0 Å².